The molecule has 0 radical (unpaired) electrons. The topological polar surface area (TPSA) is 117 Å². The largest absolute Gasteiger partial charge is 0.481 e. The van der Waals surface area contributed by atoms with Crippen LogP contribution in [-0.2, 0) is 11.2 Å². The van der Waals surface area contributed by atoms with E-state index in [1.54, 1.807) is 13.8 Å². The quantitative estimate of drug-likeness (QED) is 0.719. The Balaban J connectivity index is 2.47. The van der Waals surface area contributed by atoms with Crippen molar-refractivity contribution in [1.29, 1.82) is 0 Å². The molecule has 1 aromatic heterocycles. The first kappa shape index (κ1) is 14.9. The van der Waals surface area contributed by atoms with Gasteiger partial charge in [0, 0.05) is 18.4 Å². The number of aryl methyl sites for hydroxylation is 1. The van der Waals surface area contributed by atoms with Crippen molar-refractivity contribution in [2.75, 3.05) is 5.32 Å². The number of urea groups is 1. The molecule has 0 atom stereocenters. The van der Waals surface area contributed by atoms with Crippen LogP contribution in [-0.4, -0.2) is 32.8 Å². The predicted molar refractivity (Wildman–Crippen MR) is 66.8 cm³/mol. The fourth-order valence-electron chi connectivity index (χ4n) is 1.37. The molecule has 0 aromatic carbocycles. The third-order valence-electron chi connectivity index (χ3n) is 2.42. The molecule has 2 amide bonds. The smallest absolute Gasteiger partial charge is 0.329 e. The Bertz CT molecular complexity index is 455. The van der Waals surface area contributed by atoms with Crippen molar-refractivity contribution in [2.45, 2.75) is 45.6 Å². The molecule has 0 aliphatic rings. The van der Waals surface area contributed by atoms with E-state index in [4.69, 9.17) is 9.63 Å². The molecule has 8 nitrogen and oxygen atoms in total. The van der Waals surface area contributed by atoms with Crippen molar-refractivity contribution < 1.29 is 19.2 Å². The molecule has 0 aliphatic heterocycles. The van der Waals surface area contributed by atoms with Gasteiger partial charge in [-0.05, 0) is 20.3 Å². The first-order valence-electron chi connectivity index (χ1n) is 5.96. The van der Waals surface area contributed by atoms with E-state index in [-0.39, 0.29) is 12.4 Å². The van der Waals surface area contributed by atoms with Gasteiger partial charge in [-0.1, -0.05) is 12.1 Å². The molecule has 1 rings (SSSR count). The normalized spacial score (nSPS) is 11.1. The minimum Gasteiger partial charge on any atom is -0.481 e. The zero-order valence-corrected chi connectivity index (χ0v) is 11.2. The first-order valence-corrected chi connectivity index (χ1v) is 5.96. The molecule has 0 spiro atoms. The predicted octanol–water partition coefficient (Wildman–Crippen LogP) is 1.40. The number of aromatic nitrogens is 2. The highest BCUT2D eigenvalue weighted by Gasteiger charge is 2.22. The number of carboxylic acids is 1. The van der Waals surface area contributed by atoms with Gasteiger partial charge >= 0.3 is 18.0 Å². The van der Waals surface area contributed by atoms with E-state index in [0.29, 0.717) is 18.7 Å². The summed E-state index contributed by atoms with van der Waals surface area (Å²) in [5.41, 5.74) is -0.643. The number of rotatable bonds is 6. The second-order valence-corrected chi connectivity index (χ2v) is 4.73. The van der Waals surface area contributed by atoms with E-state index >= 15 is 0 Å². The Morgan fingerprint density at radius 2 is 2.11 bits per heavy atom. The summed E-state index contributed by atoms with van der Waals surface area (Å²) in [5, 5.41) is 17.3. The molecule has 3 N–H and O–H groups in total. The fraction of sp³-hybridized carbons (Fsp3) is 0.636. The number of carboxylic acid groups (broad SMARTS) is 1. The summed E-state index contributed by atoms with van der Waals surface area (Å²) in [7, 11) is 0. The van der Waals surface area contributed by atoms with E-state index in [0.717, 1.165) is 0 Å². The van der Waals surface area contributed by atoms with Crippen LogP contribution in [0, 0.1) is 0 Å². The first-order chi connectivity index (χ1) is 8.82. The monoisotopic (exact) mass is 270 g/mol. The number of hydrogen-bond donors (Lipinski definition) is 3. The summed E-state index contributed by atoms with van der Waals surface area (Å²) < 4.78 is 4.81. The van der Waals surface area contributed by atoms with Gasteiger partial charge in [-0.15, -0.1) is 0 Å². The Labute approximate surface area is 110 Å². The van der Waals surface area contributed by atoms with Gasteiger partial charge in [-0.2, -0.15) is 4.98 Å². The zero-order valence-electron chi connectivity index (χ0n) is 11.2. The maximum absolute atomic E-state index is 11.7. The number of hydrogen-bond acceptors (Lipinski definition) is 5. The van der Waals surface area contributed by atoms with Gasteiger partial charge in [0.1, 0.15) is 0 Å². The molecule has 106 valence electrons. The summed E-state index contributed by atoms with van der Waals surface area (Å²) in [6.07, 6.45) is 0.907. The van der Waals surface area contributed by atoms with Crippen molar-refractivity contribution in [2.24, 2.45) is 0 Å². The molecule has 1 aromatic rings. The van der Waals surface area contributed by atoms with E-state index in [2.05, 4.69) is 20.8 Å². The summed E-state index contributed by atoms with van der Waals surface area (Å²) >= 11 is 0. The second kappa shape index (κ2) is 6.17. The number of anilines is 1. The highest BCUT2D eigenvalue weighted by atomic mass is 16.5. The zero-order chi connectivity index (χ0) is 14.5. The van der Waals surface area contributed by atoms with Crippen molar-refractivity contribution in [3.63, 3.8) is 0 Å². The van der Waals surface area contributed by atoms with Crippen molar-refractivity contribution >= 4 is 18.0 Å². The SMILES string of the molecule is CCc1noc(NC(=O)NC(C)(C)CCC(=O)O)n1. The Hall–Kier alpha value is -2.12. The molecule has 0 unspecified atom stereocenters. The molecule has 0 bridgehead atoms. The van der Waals surface area contributed by atoms with Crippen LogP contribution in [0.1, 0.15) is 39.4 Å². The standard InChI is InChI=1S/C11H18N4O4/c1-4-7-12-10(19-15-7)13-9(18)14-11(2,3)6-5-8(16)17/h4-6H2,1-3H3,(H,16,17)(H2,12,13,14,15,18). The lowest BCUT2D eigenvalue weighted by Gasteiger charge is -2.25. The van der Waals surface area contributed by atoms with Gasteiger partial charge < -0.3 is 14.9 Å². The highest BCUT2D eigenvalue weighted by Crippen LogP contribution is 2.12. The van der Waals surface area contributed by atoms with Crippen LogP contribution >= 0.6 is 0 Å². The molecule has 8 heteroatoms. The van der Waals surface area contributed by atoms with Crippen LogP contribution < -0.4 is 10.6 Å². The molecule has 1 heterocycles. The fourth-order valence-corrected chi connectivity index (χ4v) is 1.37. The van der Waals surface area contributed by atoms with Crippen molar-refractivity contribution in [3.8, 4) is 0 Å². The third kappa shape index (κ3) is 5.36. The molecular weight excluding hydrogens is 252 g/mol. The number of amides is 2. The average Bonchev–Trinajstić information content (AvgIpc) is 2.73. The van der Waals surface area contributed by atoms with Crippen LogP contribution in [0.25, 0.3) is 0 Å². The highest BCUT2D eigenvalue weighted by molar-refractivity contribution is 5.87. The lowest BCUT2D eigenvalue weighted by Crippen LogP contribution is -2.45. The average molecular weight is 270 g/mol. The minimum atomic E-state index is -0.903. The van der Waals surface area contributed by atoms with Crippen LogP contribution in [0.5, 0.6) is 0 Å². The van der Waals surface area contributed by atoms with Crippen LogP contribution in [0.4, 0.5) is 10.8 Å². The van der Waals surface area contributed by atoms with E-state index in [1.807, 2.05) is 6.92 Å². The van der Waals surface area contributed by atoms with Gasteiger partial charge in [-0.25, -0.2) is 4.79 Å². The Kier molecular flexibility index (Phi) is 4.85. The van der Waals surface area contributed by atoms with Gasteiger partial charge in [0.25, 0.3) is 0 Å². The second-order valence-electron chi connectivity index (χ2n) is 4.73. The van der Waals surface area contributed by atoms with Gasteiger partial charge in [0.15, 0.2) is 5.82 Å². The van der Waals surface area contributed by atoms with Crippen molar-refractivity contribution in [3.05, 3.63) is 5.82 Å². The number of carbonyl (C=O) groups is 2. The summed E-state index contributed by atoms with van der Waals surface area (Å²) in [4.78, 5) is 26.1. The van der Waals surface area contributed by atoms with E-state index in [9.17, 15) is 9.59 Å². The lowest BCUT2D eigenvalue weighted by molar-refractivity contribution is -0.137. The minimum absolute atomic E-state index is 0.0170. The van der Waals surface area contributed by atoms with Crippen LogP contribution in [0.3, 0.4) is 0 Å². The Morgan fingerprint density at radius 1 is 1.42 bits per heavy atom. The summed E-state index contributed by atoms with van der Waals surface area (Å²) in [5.74, 6) is -0.403. The number of nitrogens with one attached hydrogen (secondary N) is 2. The number of aliphatic carboxylic acids is 1. The maximum atomic E-state index is 11.7. The van der Waals surface area contributed by atoms with Crippen LogP contribution in [0.2, 0.25) is 0 Å². The van der Waals surface area contributed by atoms with E-state index in [1.165, 1.54) is 0 Å². The number of nitrogens with zero attached hydrogens (tertiary/aromatic N) is 2. The van der Waals surface area contributed by atoms with Gasteiger partial charge in [-0.3, -0.25) is 10.1 Å². The third-order valence-corrected chi connectivity index (χ3v) is 2.42. The van der Waals surface area contributed by atoms with E-state index < -0.39 is 17.5 Å². The molecule has 0 saturated heterocycles. The van der Waals surface area contributed by atoms with Crippen molar-refractivity contribution in [1.82, 2.24) is 15.5 Å². The molecule has 0 fully saturated rings. The molecule has 0 saturated carbocycles. The molecular formula is C11H18N4O4. The summed E-state index contributed by atoms with van der Waals surface area (Å²) in [6, 6.07) is -0.495. The molecule has 19 heavy (non-hydrogen) atoms. The Morgan fingerprint density at radius 3 is 2.63 bits per heavy atom. The van der Waals surface area contributed by atoms with Gasteiger partial charge in [0.05, 0.1) is 0 Å². The lowest BCUT2D eigenvalue weighted by atomic mass is 9.99. The van der Waals surface area contributed by atoms with Gasteiger partial charge in [0.2, 0.25) is 0 Å². The molecule has 0 aliphatic carbocycles. The summed E-state index contributed by atoms with van der Waals surface area (Å²) in [6.45, 7) is 5.34. The number of carbonyl (C=O) groups excluding carboxylic acids is 1. The van der Waals surface area contributed by atoms with Crippen LogP contribution in [0.15, 0.2) is 4.52 Å². The maximum Gasteiger partial charge on any atom is 0.329 e.